The Bertz CT molecular complexity index is 430. The summed E-state index contributed by atoms with van der Waals surface area (Å²) in [5, 5.41) is 9.45. The summed E-state index contributed by atoms with van der Waals surface area (Å²) in [6, 6.07) is 6.29. The molecule has 1 aromatic carbocycles. The molecule has 0 aliphatic rings. The number of aliphatic hydroxyl groups is 1. The van der Waals surface area contributed by atoms with Crippen LogP contribution in [0.15, 0.2) is 24.3 Å². The standard InChI is InChI=1S/C8H11NO5S/c9-7-3-1-2-6(4-7)8(10)5-14-15(11,12)13/h1-4,8,10H,5,9H2,(H,11,12,13). The summed E-state index contributed by atoms with van der Waals surface area (Å²) in [6.45, 7) is -0.553. The van der Waals surface area contributed by atoms with Crippen molar-refractivity contribution in [2.45, 2.75) is 6.10 Å². The highest BCUT2D eigenvalue weighted by Gasteiger charge is 2.12. The summed E-state index contributed by atoms with van der Waals surface area (Å²) in [5.41, 5.74) is 6.32. The normalized spacial score (nSPS) is 13.7. The second-order valence-electron chi connectivity index (χ2n) is 2.90. The highest BCUT2D eigenvalue weighted by molar-refractivity contribution is 7.80. The lowest BCUT2D eigenvalue weighted by molar-refractivity contribution is 0.103. The molecule has 0 bridgehead atoms. The van der Waals surface area contributed by atoms with Gasteiger partial charge in [0.25, 0.3) is 0 Å². The molecule has 0 fully saturated rings. The highest BCUT2D eigenvalue weighted by Crippen LogP contribution is 2.16. The number of hydrogen-bond acceptors (Lipinski definition) is 5. The van der Waals surface area contributed by atoms with Crippen LogP contribution < -0.4 is 5.73 Å². The Morgan fingerprint density at radius 1 is 1.47 bits per heavy atom. The average Bonchev–Trinajstić information content (AvgIpc) is 2.13. The summed E-state index contributed by atoms with van der Waals surface area (Å²) in [6.07, 6.45) is -1.16. The van der Waals surface area contributed by atoms with Crippen molar-refractivity contribution in [1.29, 1.82) is 0 Å². The van der Waals surface area contributed by atoms with Crippen LogP contribution in [-0.4, -0.2) is 24.7 Å². The van der Waals surface area contributed by atoms with Crippen LogP contribution in [0.1, 0.15) is 11.7 Å². The first kappa shape index (κ1) is 11.9. The first-order valence-corrected chi connectivity index (χ1v) is 5.40. The molecular formula is C8H11NO5S. The fraction of sp³-hybridized carbons (Fsp3) is 0.250. The van der Waals surface area contributed by atoms with Crippen molar-refractivity contribution in [2.24, 2.45) is 0 Å². The van der Waals surface area contributed by atoms with Gasteiger partial charge in [0.15, 0.2) is 0 Å². The molecule has 0 saturated heterocycles. The van der Waals surface area contributed by atoms with Crippen LogP contribution in [0.25, 0.3) is 0 Å². The van der Waals surface area contributed by atoms with Crippen molar-refractivity contribution >= 4 is 16.1 Å². The van der Waals surface area contributed by atoms with Crippen molar-refractivity contribution in [3.8, 4) is 0 Å². The van der Waals surface area contributed by atoms with Crippen LogP contribution >= 0.6 is 0 Å². The molecule has 0 aliphatic carbocycles. The van der Waals surface area contributed by atoms with E-state index in [-0.39, 0.29) is 0 Å². The summed E-state index contributed by atoms with van der Waals surface area (Å²) < 4.78 is 32.8. The van der Waals surface area contributed by atoms with Gasteiger partial charge in [-0.3, -0.25) is 4.55 Å². The Labute approximate surface area is 87.2 Å². The van der Waals surface area contributed by atoms with E-state index in [1.165, 1.54) is 6.07 Å². The SMILES string of the molecule is Nc1cccc(C(O)COS(=O)(=O)O)c1. The van der Waals surface area contributed by atoms with Gasteiger partial charge < -0.3 is 10.8 Å². The largest absolute Gasteiger partial charge is 0.399 e. The van der Waals surface area contributed by atoms with E-state index in [0.29, 0.717) is 11.3 Å². The number of benzene rings is 1. The molecule has 0 radical (unpaired) electrons. The molecule has 1 rings (SSSR count). The van der Waals surface area contributed by atoms with Gasteiger partial charge in [-0.05, 0) is 17.7 Å². The monoisotopic (exact) mass is 233 g/mol. The Hall–Kier alpha value is -1.15. The van der Waals surface area contributed by atoms with Gasteiger partial charge in [0.1, 0.15) is 6.10 Å². The maximum Gasteiger partial charge on any atom is 0.397 e. The summed E-state index contributed by atoms with van der Waals surface area (Å²) in [4.78, 5) is 0. The van der Waals surface area contributed by atoms with Crippen molar-refractivity contribution in [1.82, 2.24) is 0 Å². The molecule has 0 spiro atoms. The van der Waals surface area contributed by atoms with E-state index in [4.69, 9.17) is 10.3 Å². The van der Waals surface area contributed by atoms with E-state index in [2.05, 4.69) is 4.18 Å². The first-order chi connectivity index (χ1) is 6.88. The van der Waals surface area contributed by atoms with Gasteiger partial charge >= 0.3 is 10.4 Å². The van der Waals surface area contributed by atoms with Gasteiger partial charge in [0, 0.05) is 5.69 Å². The lowest BCUT2D eigenvalue weighted by atomic mass is 10.1. The third kappa shape index (κ3) is 4.26. The molecule has 4 N–H and O–H groups in total. The molecule has 1 atom stereocenters. The van der Waals surface area contributed by atoms with Gasteiger partial charge in [0.05, 0.1) is 6.61 Å². The molecule has 0 aromatic heterocycles. The lowest BCUT2D eigenvalue weighted by Gasteiger charge is -2.10. The van der Waals surface area contributed by atoms with Crippen LogP contribution in [0.4, 0.5) is 5.69 Å². The lowest BCUT2D eigenvalue weighted by Crippen LogP contribution is -2.12. The zero-order valence-corrected chi connectivity index (χ0v) is 8.52. The number of nitrogens with two attached hydrogens (primary N) is 1. The zero-order valence-electron chi connectivity index (χ0n) is 7.70. The second-order valence-corrected chi connectivity index (χ2v) is 3.99. The van der Waals surface area contributed by atoms with Gasteiger partial charge in [-0.2, -0.15) is 8.42 Å². The predicted octanol–water partition coefficient (Wildman–Crippen LogP) is 0.122. The first-order valence-electron chi connectivity index (χ1n) is 4.04. The zero-order chi connectivity index (χ0) is 11.5. The van der Waals surface area contributed by atoms with E-state index in [0.717, 1.165) is 0 Å². The third-order valence-corrected chi connectivity index (χ3v) is 2.10. The Morgan fingerprint density at radius 2 is 2.13 bits per heavy atom. The molecule has 15 heavy (non-hydrogen) atoms. The summed E-state index contributed by atoms with van der Waals surface area (Å²) >= 11 is 0. The maximum atomic E-state index is 10.2. The van der Waals surface area contributed by atoms with Gasteiger partial charge in [-0.1, -0.05) is 12.1 Å². The van der Waals surface area contributed by atoms with Crippen LogP contribution in [-0.2, 0) is 14.6 Å². The number of rotatable bonds is 4. The number of anilines is 1. The molecule has 0 heterocycles. The van der Waals surface area contributed by atoms with Crippen LogP contribution in [0, 0.1) is 0 Å². The molecule has 0 amide bonds. The summed E-state index contributed by atoms with van der Waals surface area (Å²) in [5.74, 6) is 0. The van der Waals surface area contributed by atoms with Crippen LogP contribution in [0.5, 0.6) is 0 Å². The second kappa shape index (κ2) is 4.58. The minimum atomic E-state index is -4.53. The third-order valence-electron chi connectivity index (χ3n) is 1.67. The smallest absolute Gasteiger partial charge is 0.397 e. The fourth-order valence-electron chi connectivity index (χ4n) is 1.01. The quantitative estimate of drug-likeness (QED) is 0.503. The van der Waals surface area contributed by atoms with Crippen molar-refractivity contribution in [3.63, 3.8) is 0 Å². The van der Waals surface area contributed by atoms with E-state index in [1.807, 2.05) is 0 Å². The van der Waals surface area contributed by atoms with E-state index in [9.17, 15) is 13.5 Å². The van der Waals surface area contributed by atoms with E-state index < -0.39 is 23.1 Å². The fourth-order valence-corrected chi connectivity index (χ4v) is 1.31. The summed E-state index contributed by atoms with van der Waals surface area (Å²) in [7, 11) is -4.53. The predicted molar refractivity (Wildman–Crippen MR) is 53.3 cm³/mol. The van der Waals surface area contributed by atoms with Gasteiger partial charge in [-0.25, -0.2) is 4.18 Å². The molecule has 6 nitrogen and oxygen atoms in total. The topological polar surface area (TPSA) is 110 Å². The molecular weight excluding hydrogens is 222 g/mol. The molecule has 7 heteroatoms. The van der Waals surface area contributed by atoms with Crippen molar-refractivity contribution in [2.75, 3.05) is 12.3 Å². The molecule has 1 unspecified atom stereocenters. The number of hydrogen-bond donors (Lipinski definition) is 3. The van der Waals surface area contributed by atoms with Gasteiger partial charge in [-0.15, -0.1) is 0 Å². The molecule has 0 aliphatic heterocycles. The number of nitrogen functional groups attached to an aromatic ring is 1. The maximum absolute atomic E-state index is 10.2. The average molecular weight is 233 g/mol. The van der Waals surface area contributed by atoms with Crippen molar-refractivity contribution in [3.05, 3.63) is 29.8 Å². The Morgan fingerprint density at radius 3 is 2.67 bits per heavy atom. The van der Waals surface area contributed by atoms with Crippen molar-refractivity contribution < 1.29 is 22.3 Å². The van der Waals surface area contributed by atoms with Crippen LogP contribution in [0.3, 0.4) is 0 Å². The van der Waals surface area contributed by atoms with E-state index in [1.54, 1.807) is 18.2 Å². The highest BCUT2D eigenvalue weighted by atomic mass is 32.3. The Balaban J connectivity index is 2.65. The van der Waals surface area contributed by atoms with Crippen LogP contribution in [0.2, 0.25) is 0 Å². The molecule has 0 saturated carbocycles. The van der Waals surface area contributed by atoms with Gasteiger partial charge in [0.2, 0.25) is 0 Å². The minimum Gasteiger partial charge on any atom is -0.399 e. The molecule has 1 aromatic rings. The minimum absolute atomic E-state index is 0.415. The number of aliphatic hydroxyl groups excluding tert-OH is 1. The Kier molecular flexibility index (Phi) is 3.64. The molecule has 84 valence electrons. The van der Waals surface area contributed by atoms with E-state index >= 15 is 0 Å².